The first-order valence-corrected chi connectivity index (χ1v) is 6.98. The molecule has 19 heavy (non-hydrogen) atoms. The van der Waals surface area contributed by atoms with Crippen LogP contribution < -0.4 is 5.46 Å². The molecule has 1 aromatic rings. The maximum atomic E-state index is 11.0. The van der Waals surface area contributed by atoms with E-state index in [2.05, 4.69) is 12.6 Å². The molecule has 0 radical (unpaired) electrons. The minimum Gasteiger partial charge on any atom is -0.399 e. The average molecular weight is 278 g/mol. The summed E-state index contributed by atoms with van der Waals surface area (Å²) in [7, 11) is -0.441. The van der Waals surface area contributed by atoms with Gasteiger partial charge in [-0.15, -0.1) is 0 Å². The lowest BCUT2D eigenvalue weighted by Crippen LogP contribution is -2.41. The Labute approximate surface area is 120 Å². The summed E-state index contributed by atoms with van der Waals surface area (Å²) in [6.45, 7) is 8.04. The van der Waals surface area contributed by atoms with E-state index < -0.39 is 7.12 Å². The summed E-state index contributed by atoms with van der Waals surface area (Å²) in [5, 5.41) is 0. The van der Waals surface area contributed by atoms with Crippen LogP contribution in [0.1, 0.15) is 43.6 Å². The summed E-state index contributed by atoms with van der Waals surface area (Å²) in [5.41, 5.74) is 1.72. The zero-order valence-electron chi connectivity index (χ0n) is 11.8. The van der Waals surface area contributed by atoms with Crippen LogP contribution in [0.2, 0.25) is 0 Å². The minimum absolute atomic E-state index is 0.379. The van der Waals surface area contributed by atoms with Crippen molar-refractivity contribution in [1.82, 2.24) is 0 Å². The molecule has 0 bridgehead atoms. The highest BCUT2D eigenvalue weighted by atomic mass is 32.1. The second-order valence-electron chi connectivity index (χ2n) is 5.87. The average Bonchev–Trinajstić information content (AvgIpc) is 2.58. The van der Waals surface area contributed by atoms with Gasteiger partial charge in [0.2, 0.25) is 0 Å². The van der Waals surface area contributed by atoms with E-state index >= 15 is 0 Å². The maximum Gasteiger partial charge on any atom is 0.494 e. The van der Waals surface area contributed by atoms with Crippen LogP contribution in [-0.2, 0) is 15.1 Å². The Morgan fingerprint density at radius 1 is 1.16 bits per heavy atom. The molecule has 1 fully saturated rings. The number of carbonyl (C=O) groups excluding carboxylic acids is 1. The molecule has 1 aromatic carbocycles. The van der Waals surface area contributed by atoms with Crippen LogP contribution in [0.15, 0.2) is 18.2 Å². The summed E-state index contributed by atoms with van der Waals surface area (Å²) in [6.07, 6.45) is 0.835. The summed E-state index contributed by atoms with van der Waals surface area (Å²) >= 11 is 4.26. The number of thiol groups is 1. The Kier molecular flexibility index (Phi) is 3.82. The molecule has 5 heteroatoms. The van der Waals surface area contributed by atoms with E-state index in [1.807, 2.05) is 45.9 Å². The van der Waals surface area contributed by atoms with Crippen molar-refractivity contribution < 1.29 is 14.1 Å². The number of carbonyl (C=O) groups is 1. The Balaban J connectivity index is 2.36. The third kappa shape index (κ3) is 2.73. The quantitative estimate of drug-likeness (QED) is 0.523. The first-order chi connectivity index (χ1) is 8.79. The normalized spacial score (nSPS) is 20.6. The number of hydrogen-bond acceptors (Lipinski definition) is 4. The number of benzene rings is 1. The molecule has 1 saturated heterocycles. The van der Waals surface area contributed by atoms with E-state index in [1.165, 1.54) is 0 Å². The van der Waals surface area contributed by atoms with Crippen molar-refractivity contribution in [2.24, 2.45) is 0 Å². The zero-order chi connectivity index (χ0) is 14.3. The highest BCUT2D eigenvalue weighted by Crippen LogP contribution is 2.36. The van der Waals surface area contributed by atoms with Gasteiger partial charge < -0.3 is 9.31 Å². The van der Waals surface area contributed by atoms with Gasteiger partial charge in [-0.1, -0.05) is 12.1 Å². The molecule has 0 spiro atoms. The maximum absolute atomic E-state index is 11.0. The van der Waals surface area contributed by atoms with Crippen molar-refractivity contribution in [3.8, 4) is 0 Å². The first-order valence-electron chi connectivity index (χ1n) is 6.34. The predicted octanol–water partition coefficient (Wildman–Crippen LogP) is 2.23. The summed E-state index contributed by atoms with van der Waals surface area (Å²) in [5.74, 6) is 0.578. The fraction of sp³-hybridized carbons (Fsp3) is 0.500. The van der Waals surface area contributed by atoms with Gasteiger partial charge in [0, 0.05) is 11.3 Å². The molecule has 1 aliphatic heterocycles. The lowest BCUT2D eigenvalue weighted by molar-refractivity contribution is 0.00578. The standard InChI is InChI=1S/C14H19BO3S/c1-13(2)14(3,4)18-15(17-13)12-6-10(8-16)5-11(7-12)9-19/h5-8,19H,9H2,1-4H3. The van der Waals surface area contributed by atoms with Crippen LogP contribution >= 0.6 is 12.6 Å². The highest BCUT2D eigenvalue weighted by molar-refractivity contribution is 7.79. The van der Waals surface area contributed by atoms with Crippen LogP contribution in [0.5, 0.6) is 0 Å². The second kappa shape index (κ2) is 4.96. The molecule has 2 rings (SSSR count). The fourth-order valence-corrected chi connectivity index (χ4v) is 2.20. The SMILES string of the molecule is CC1(C)OB(c2cc(C=O)cc(CS)c2)OC1(C)C. The number of rotatable bonds is 3. The Morgan fingerprint density at radius 3 is 2.21 bits per heavy atom. The predicted molar refractivity (Wildman–Crippen MR) is 80.2 cm³/mol. The van der Waals surface area contributed by atoms with Crippen molar-refractivity contribution in [1.29, 1.82) is 0 Å². The summed E-state index contributed by atoms with van der Waals surface area (Å²) in [4.78, 5) is 11.0. The van der Waals surface area contributed by atoms with Gasteiger partial charge in [0.25, 0.3) is 0 Å². The van der Waals surface area contributed by atoms with E-state index in [0.29, 0.717) is 11.3 Å². The van der Waals surface area contributed by atoms with Gasteiger partial charge in [-0.2, -0.15) is 12.6 Å². The largest absolute Gasteiger partial charge is 0.494 e. The third-order valence-electron chi connectivity index (χ3n) is 3.88. The van der Waals surface area contributed by atoms with Crippen LogP contribution in [0.4, 0.5) is 0 Å². The molecular weight excluding hydrogens is 259 g/mol. The smallest absolute Gasteiger partial charge is 0.399 e. The van der Waals surface area contributed by atoms with Crippen LogP contribution in [0.25, 0.3) is 0 Å². The fourth-order valence-electron chi connectivity index (χ4n) is 2.02. The molecule has 1 heterocycles. The van der Waals surface area contributed by atoms with E-state index in [1.54, 1.807) is 0 Å². The zero-order valence-corrected chi connectivity index (χ0v) is 12.7. The first kappa shape index (κ1) is 14.6. The monoisotopic (exact) mass is 278 g/mol. The van der Waals surface area contributed by atoms with Crippen molar-refractivity contribution >= 4 is 31.5 Å². The van der Waals surface area contributed by atoms with Crippen molar-refractivity contribution in [3.05, 3.63) is 29.3 Å². The molecule has 0 amide bonds. The number of hydrogen-bond donors (Lipinski definition) is 1. The Morgan fingerprint density at radius 2 is 1.74 bits per heavy atom. The molecule has 0 aromatic heterocycles. The van der Waals surface area contributed by atoms with E-state index in [-0.39, 0.29) is 11.2 Å². The van der Waals surface area contributed by atoms with Crippen LogP contribution in [0.3, 0.4) is 0 Å². The van der Waals surface area contributed by atoms with Crippen LogP contribution in [-0.4, -0.2) is 24.6 Å². The number of aldehydes is 1. The highest BCUT2D eigenvalue weighted by Gasteiger charge is 2.51. The van der Waals surface area contributed by atoms with E-state index in [9.17, 15) is 4.79 Å². The lowest BCUT2D eigenvalue weighted by Gasteiger charge is -2.32. The molecular formula is C14H19BO3S. The third-order valence-corrected chi connectivity index (χ3v) is 4.25. The molecule has 0 atom stereocenters. The lowest BCUT2D eigenvalue weighted by atomic mass is 9.77. The van der Waals surface area contributed by atoms with Gasteiger partial charge in [-0.25, -0.2) is 0 Å². The molecule has 0 unspecified atom stereocenters. The van der Waals surface area contributed by atoms with Gasteiger partial charge in [-0.3, -0.25) is 4.79 Å². The molecule has 3 nitrogen and oxygen atoms in total. The Bertz CT molecular complexity index is 483. The molecule has 0 aliphatic carbocycles. The van der Waals surface area contributed by atoms with Gasteiger partial charge in [0.05, 0.1) is 11.2 Å². The van der Waals surface area contributed by atoms with Gasteiger partial charge >= 0.3 is 7.12 Å². The minimum atomic E-state index is -0.441. The molecule has 0 saturated carbocycles. The van der Waals surface area contributed by atoms with Gasteiger partial charge in [0.15, 0.2) is 0 Å². The second-order valence-corrected chi connectivity index (χ2v) is 6.19. The van der Waals surface area contributed by atoms with E-state index in [4.69, 9.17) is 9.31 Å². The van der Waals surface area contributed by atoms with Crippen LogP contribution in [0, 0.1) is 0 Å². The molecule has 102 valence electrons. The van der Waals surface area contributed by atoms with Crippen molar-refractivity contribution in [2.45, 2.75) is 44.6 Å². The van der Waals surface area contributed by atoms with Crippen molar-refractivity contribution in [2.75, 3.05) is 0 Å². The topological polar surface area (TPSA) is 35.5 Å². The Hall–Kier alpha value is -0.775. The molecule has 1 aliphatic rings. The van der Waals surface area contributed by atoms with Crippen molar-refractivity contribution in [3.63, 3.8) is 0 Å². The van der Waals surface area contributed by atoms with E-state index in [0.717, 1.165) is 17.3 Å². The van der Waals surface area contributed by atoms with Gasteiger partial charge in [-0.05, 0) is 44.8 Å². The summed E-state index contributed by atoms with van der Waals surface area (Å²) < 4.78 is 12.0. The summed E-state index contributed by atoms with van der Waals surface area (Å²) in [6, 6.07) is 5.61. The molecule has 0 N–H and O–H groups in total. The van der Waals surface area contributed by atoms with Gasteiger partial charge in [0.1, 0.15) is 6.29 Å².